The van der Waals surface area contributed by atoms with E-state index in [2.05, 4.69) is 14.7 Å². The predicted molar refractivity (Wildman–Crippen MR) is 105 cm³/mol. The lowest BCUT2D eigenvalue weighted by molar-refractivity contribution is 0.183. The molecule has 0 heterocycles. The van der Waals surface area contributed by atoms with Gasteiger partial charge < -0.3 is 14.6 Å². The first kappa shape index (κ1) is 20.9. The number of thioether (sulfide) groups is 1. The molecule has 0 spiro atoms. The van der Waals surface area contributed by atoms with Gasteiger partial charge >= 0.3 is 6.09 Å². The highest BCUT2D eigenvalue weighted by atomic mass is 32.2. The molecular formula is C19H16FN3O4S. The van der Waals surface area contributed by atoms with Gasteiger partial charge in [-0.15, -0.1) is 11.8 Å². The first-order valence-electron chi connectivity index (χ1n) is 7.80. The Morgan fingerprint density at radius 1 is 1.25 bits per heavy atom. The molecule has 1 N–H and O–H groups in total. The molecule has 0 aliphatic rings. The summed E-state index contributed by atoms with van der Waals surface area (Å²) in [5.41, 5.74) is 0.703. The fraction of sp³-hybridized carbons (Fsp3) is 0.158. The smallest absolute Gasteiger partial charge is 0.434 e. The Balaban J connectivity index is 2.74. The topological polar surface area (TPSA) is 104 Å². The summed E-state index contributed by atoms with van der Waals surface area (Å²) < 4.78 is 24.3. The summed E-state index contributed by atoms with van der Waals surface area (Å²) in [5.74, 6) is -1.39. The van der Waals surface area contributed by atoms with Crippen LogP contribution < -0.4 is 4.74 Å². The SMILES string of the molecule is COC(=O)/N=C(\SC)C(=Nc1ccc(C#N)cc1)c1cc(OC)cc(O)c1F. The van der Waals surface area contributed by atoms with E-state index in [9.17, 15) is 14.3 Å². The van der Waals surface area contributed by atoms with E-state index in [-0.39, 0.29) is 22.1 Å². The van der Waals surface area contributed by atoms with Crippen LogP contribution in [0.2, 0.25) is 0 Å². The third kappa shape index (κ3) is 4.86. The van der Waals surface area contributed by atoms with E-state index in [1.54, 1.807) is 30.5 Å². The summed E-state index contributed by atoms with van der Waals surface area (Å²) in [6.07, 6.45) is 0.748. The molecule has 0 aromatic heterocycles. The fourth-order valence-corrected chi connectivity index (χ4v) is 2.67. The van der Waals surface area contributed by atoms with Crippen molar-refractivity contribution in [3.8, 4) is 17.6 Å². The van der Waals surface area contributed by atoms with E-state index in [0.717, 1.165) is 17.8 Å². The number of hydrogen-bond acceptors (Lipinski definition) is 7. The van der Waals surface area contributed by atoms with Crippen molar-refractivity contribution in [2.75, 3.05) is 20.5 Å². The summed E-state index contributed by atoms with van der Waals surface area (Å²) in [5, 5.41) is 18.9. The Morgan fingerprint density at radius 2 is 1.93 bits per heavy atom. The Morgan fingerprint density at radius 3 is 2.46 bits per heavy atom. The maximum Gasteiger partial charge on any atom is 0.434 e. The second kappa shape index (κ2) is 9.53. The number of aromatic hydroxyl groups is 1. The van der Waals surface area contributed by atoms with Crippen molar-refractivity contribution in [1.82, 2.24) is 0 Å². The van der Waals surface area contributed by atoms with Crippen LogP contribution in [0.3, 0.4) is 0 Å². The van der Waals surface area contributed by atoms with E-state index >= 15 is 0 Å². The molecule has 2 rings (SSSR count). The van der Waals surface area contributed by atoms with Gasteiger partial charge in [0.1, 0.15) is 16.5 Å². The first-order valence-corrected chi connectivity index (χ1v) is 9.02. The molecule has 144 valence electrons. The van der Waals surface area contributed by atoms with Crippen molar-refractivity contribution in [1.29, 1.82) is 5.26 Å². The third-order valence-electron chi connectivity index (χ3n) is 3.52. The molecule has 7 nitrogen and oxygen atoms in total. The third-order valence-corrected chi connectivity index (χ3v) is 4.19. The number of hydrogen-bond donors (Lipinski definition) is 1. The predicted octanol–water partition coefficient (Wildman–Crippen LogP) is 4.06. The molecule has 0 fully saturated rings. The minimum atomic E-state index is -0.945. The van der Waals surface area contributed by atoms with Crippen LogP contribution in [0.25, 0.3) is 0 Å². The second-order valence-electron chi connectivity index (χ2n) is 5.22. The van der Waals surface area contributed by atoms with Crippen LogP contribution in [0.4, 0.5) is 14.9 Å². The van der Waals surface area contributed by atoms with Gasteiger partial charge in [-0.3, -0.25) is 0 Å². The van der Waals surface area contributed by atoms with Gasteiger partial charge in [-0.05, 0) is 36.6 Å². The lowest BCUT2D eigenvalue weighted by Gasteiger charge is -2.12. The lowest BCUT2D eigenvalue weighted by atomic mass is 10.1. The first-order chi connectivity index (χ1) is 13.4. The molecule has 0 aliphatic heterocycles. The fourth-order valence-electron chi connectivity index (χ4n) is 2.16. The quantitative estimate of drug-likeness (QED) is 0.612. The van der Waals surface area contributed by atoms with Crippen molar-refractivity contribution in [3.63, 3.8) is 0 Å². The number of ether oxygens (including phenoxy) is 2. The number of carbonyl (C=O) groups excluding carboxylic acids is 1. The van der Waals surface area contributed by atoms with E-state index in [1.165, 1.54) is 20.3 Å². The normalized spacial score (nSPS) is 11.7. The van der Waals surface area contributed by atoms with Crippen LogP contribution in [0.5, 0.6) is 11.5 Å². The van der Waals surface area contributed by atoms with Gasteiger partial charge in [0.2, 0.25) is 0 Å². The van der Waals surface area contributed by atoms with Crippen LogP contribution in [-0.4, -0.2) is 42.4 Å². The molecule has 0 aliphatic carbocycles. The lowest BCUT2D eigenvalue weighted by Crippen LogP contribution is -2.16. The summed E-state index contributed by atoms with van der Waals surface area (Å²) in [6, 6.07) is 10.7. The number of methoxy groups -OCH3 is 2. The zero-order valence-electron chi connectivity index (χ0n) is 15.3. The summed E-state index contributed by atoms with van der Waals surface area (Å²) in [4.78, 5) is 19.8. The Bertz CT molecular complexity index is 982. The zero-order chi connectivity index (χ0) is 20.7. The number of phenolic OH excluding ortho intramolecular Hbond substituents is 1. The average Bonchev–Trinajstić information content (AvgIpc) is 2.72. The van der Waals surface area contributed by atoms with Crippen molar-refractivity contribution in [2.24, 2.45) is 9.98 Å². The van der Waals surface area contributed by atoms with E-state index in [0.29, 0.717) is 11.3 Å². The van der Waals surface area contributed by atoms with E-state index in [1.807, 2.05) is 6.07 Å². The van der Waals surface area contributed by atoms with Gasteiger partial charge in [-0.25, -0.2) is 14.2 Å². The van der Waals surface area contributed by atoms with Crippen LogP contribution in [0, 0.1) is 17.1 Å². The van der Waals surface area contributed by atoms with E-state index in [4.69, 9.17) is 10.00 Å². The number of benzene rings is 2. The van der Waals surface area contributed by atoms with Crippen LogP contribution >= 0.6 is 11.8 Å². The van der Waals surface area contributed by atoms with Crippen LogP contribution in [0.15, 0.2) is 46.4 Å². The minimum Gasteiger partial charge on any atom is -0.505 e. The highest BCUT2D eigenvalue weighted by Crippen LogP contribution is 2.29. The molecule has 2 aromatic carbocycles. The van der Waals surface area contributed by atoms with Crippen LogP contribution in [0.1, 0.15) is 11.1 Å². The van der Waals surface area contributed by atoms with Gasteiger partial charge in [0.25, 0.3) is 0 Å². The molecule has 0 radical (unpaired) electrons. The maximum absolute atomic E-state index is 14.7. The molecule has 0 saturated carbocycles. The van der Waals surface area contributed by atoms with E-state index < -0.39 is 17.7 Å². The molecule has 9 heteroatoms. The maximum atomic E-state index is 14.7. The number of phenols is 1. The van der Waals surface area contributed by atoms with Crippen molar-refractivity contribution < 1.29 is 23.8 Å². The number of amides is 1. The largest absolute Gasteiger partial charge is 0.505 e. The number of nitrogens with zero attached hydrogens (tertiary/aromatic N) is 3. The summed E-state index contributed by atoms with van der Waals surface area (Å²) in [6.45, 7) is 0. The van der Waals surface area contributed by atoms with Crippen molar-refractivity contribution in [2.45, 2.75) is 0 Å². The Hall–Kier alpha value is -3.38. The summed E-state index contributed by atoms with van der Waals surface area (Å²) >= 11 is 1.05. The molecule has 0 saturated heterocycles. The molecule has 0 bridgehead atoms. The van der Waals surface area contributed by atoms with Gasteiger partial charge in [0.05, 0.1) is 31.5 Å². The monoisotopic (exact) mass is 401 g/mol. The summed E-state index contributed by atoms with van der Waals surface area (Å²) in [7, 11) is 2.53. The molecule has 0 unspecified atom stereocenters. The van der Waals surface area contributed by atoms with Gasteiger partial charge in [-0.2, -0.15) is 10.3 Å². The Labute approximate surface area is 165 Å². The van der Waals surface area contributed by atoms with Gasteiger partial charge in [0.15, 0.2) is 11.6 Å². The van der Waals surface area contributed by atoms with Crippen molar-refractivity contribution >= 4 is 34.3 Å². The number of halogens is 1. The second-order valence-corrected chi connectivity index (χ2v) is 6.01. The molecular weight excluding hydrogens is 385 g/mol. The number of nitriles is 1. The average molecular weight is 401 g/mol. The minimum absolute atomic E-state index is 0.00527. The molecule has 1 amide bonds. The highest BCUT2D eigenvalue weighted by Gasteiger charge is 2.21. The zero-order valence-corrected chi connectivity index (χ0v) is 16.1. The standard InChI is InChI=1S/C19H16FN3O4S/c1-26-13-8-14(16(20)15(24)9-13)17(18(28-3)23-19(25)27-2)22-12-6-4-11(10-21)5-7-12/h4-9,24H,1-3H3/b22-17?,23-18-. The van der Waals surface area contributed by atoms with Crippen LogP contribution in [-0.2, 0) is 4.74 Å². The number of aliphatic imine (C=N–C) groups is 2. The number of rotatable bonds is 4. The molecule has 2 aromatic rings. The van der Waals surface area contributed by atoms with Gasteiger partial charge in [-0.1, -0.05) is 0 Å². The molecule has 0 atom stereocenters. The number of carbonyl (C=O) groups is 1. The van der Waals surface area contributed by atoms with Gasteiger partial charge in [0, 0.05) is 11.6 Å². The molecule has 28 heavy (non-hydrogen) atoms. The van der Waals surface area contributed by atoms with Crippen molar-refractivity contribution in [3.05, 3.63) is 53.3 Å². The highest BCUT2D eigenvalue weighted by molar-refractivity contribution is 8.15. The Kier molecular flexibility index (Phi) is 7.12.